The van der Waals surface area contributed by atoms with E-state index >= 15 is 0 Å². The van der Waals surface area contributed by atoms with Crippen LogP contribution >= 0.6 is 23.2 Å². The number of rotatable bonds is 3. The molecule has 0 spiro atoms. The van der Waals surface area contributed by atoms with E-state index in [1.165, 1.54) is 0 Å². The third kappa shape index (κ3) is 2.72. The third-order valence-electron chi connectivity index (χ3n) is 4.34. The van der Waals surface area contributed by atoms with Crippen molar-refractivity contribution in [3.8, 4) is 0 Å². The topological polar surface area (TPSA) is 50.8 Å². The second kappa shape index (κ2) is 5.67. The summed E-state index contributed by atoms with van der Waals surface area (Å²) in [5, 5.41) is 1.35. The summed E-state index contributed by atoms with van der Waals surface area (Å²) in [6, 6.07) is 5.52. The summed E-state index contributed by atoms with van der Waals surface area (Å²) in [7, 11) is 0. The molecule has 0 amide bonds. The fourth-order valence-corrected chi connectivity index (χ4v) is 3.58. The molecular formula is C15H19Cl2N3O. The molecular weight excluding hydrogens is 309 g/mol. The molecule has 2 aliphatic rings. The lowest BCUT2D eigenvalue weighted by Gasteiger charge is -2.38. The quantitative estimate of drug-likeness (QED) is 0.928. The number of hydrogen-bond donors (Lipinski definition) is 1. The van der Waals surface area contributed by atoms with Crippen LogP contribution in [0.25, 0.3) is 0 Å². The van der Waals surface area contributed by atoms with Crippen LogP contribution in [0.3, 0.4) is 0 Å². The Labute approximate surface area is 134 Å². The molecule has 0 saturated carbocycles. The molecule has 0 bridgehead atoms. The molecule has 4 nitrogen and oxygen atoms in total. The summed E-state index contributed by atoms with van der Waals surface area (Å²) in [6.45, 7) is 4.23. The van der Waals surface area contributed by atoms with Gasteiger partial charge in [0.05, 0.1) is 18.2 Å². The maximum Gasteiger partial charge on any atom is 0.192 e. The first kappa shape index (κ1) is 14.9. The molecule has 1 aromatic carbocycles. The minimum absolute atomic E-state index is 0.203. The van der Waals surface area contributed by atoms with Gasteiger partial charge in [-0.15, -0.1) is 0 Å². The molecule has 1 aromatic rings. The highest BCUT2D eigenvalue weighted by Gasteiger charge is 2.42. The monoisotopic (exact) mass is 327 g/mol. The van der Waals surface area contributed by atoms with Crippen molar-refractivity contribution in [1.29, 1.82) is 0 Å². The predicted molar refractivity (Wildman–Crippen MR) is 86.0 cm³/mol. The van der Waals surface area contributed by atoms with Crippen molar-refractivity contribution in [3.63, 3.8) is 0 Å². The molecule has 6 heteroatoms. The Morgan fingerprint density at radius 1 is 1.48 bits per heavy atom. The van der Waals surface area contributed by atoms with E-state index in [0.29, 0.717) is 22.5 Å². The normalized spacial score (nSPS) is 29.0. The molecule has 1 saturated heterocycles. The Morgan fingerprint density at radius 3 is 3.00 bits per heavy atom. The summed E-state index contributed by atoms with van der Waals surface area (Å²) in [5.41, 5.74) is 6.68. The van der Waals surface area contributed by atoms with Gasteiger partial charge in [0.1, 0.15) is 0 Å². The Hall–Kier alpha value is -0.970. The highest BCUT2D eigenvalue weighted by Crippen LogP contribution is 2.38. The highest BCUT2D eigenvalue weighted by atomic mass is 35.5. The molecule has 21 heavy (non-hydrogen) atoms. The van der Waals surface area contributed by atoms with Crippen LogP contribution in [0.15, 0.2) is 23.2 Å². The van der Waals surface area contributed by atoms with E-state index in [1.54, 1.807) is 6.07 Å². The zero-order valence-electron chi connectivity index (χ0n) is 12.0. The van der Waals surface area contributed by atoms with Gasteiger partial charge in [-0.25, -0.2) is 0 Å². The fourth-order valence-electron chi connectivity index (χ4n) is 3.09. The Kier molecular flexibility index (Phi) is 4.04. The number of aliphatic imine (C=N–C) groups is 1. The lowest BCUT2D eigenvalue weighted by molar-refractivity contribution is 0.0691. The molecule has 2 aliphatic heterocycles. The van der Waals surface area contributed by atoms with E-state index < -0.39 is 0 Å². The molecule has 3 rings (SSSR count). The second-order valence-corrected chi connectivity index (χ2v) is 6.66. The Bertz CT molecular complexity index is 572. The first-order chi connectivity index (χ1) is 10.0. The van der Waals surface area contributed by atoms with Gasteiger partial charge in [-0.1, -0.05) is 23.2 Å². The zero-order chi connectivity index (χ0) is 15.0. The number of nitrogens with zero attached hydrogens (tertiary/aromatic N) is 2. The first-order valence-corrected chi connectivity index (χ1v) is 7.91. The van der Waals surface area contributed by atoms with Gasteiger partial charge in [-0.2, -0.15) is 0 Å². The zero-order valence-corrected chi connectivity index (χ0v) is 13.5. The Balaban J connectivity index is 1.92. The SMILES string of the molecule is CC1(c2cc(Cl)ccc2Cl)CN=C(N)N1CC1CCCO1. The summed E-state index contributed by atoms with van der Waals surface area (Å²) in [4.78, 5) is 6.52. The molecule has 0 aromatic heterocycles. The Morgan fingerprint density at radius 2 is 2.29 bits per heavy atom. The van der Waals surface area contributed by atoms with Crippen LogP contribution in [0, 0.1) is 0 Å². The van der Waals surface area contributed by atoms with Crippen molar-refractivity contribution < 1.29 is 4.74 Å². The highest BCUT2D eigenvalue weighted by molar-refractivity contribution is 6.33. The van der Waals surface area contributed by atoms with Crippen LogP contribution < -0.4 is 5.73 Å². The van der Waals surface area contributed by atoms with Crippen molar-refractivity contribution >= 4 is 29.2 Å². The largest absolute Gasteiger partial charge is 0.376 e. The van der Waals surface area contributed by atoms with Gasteiger partial charge in [0.15, 0.2) is 5.96 Å². The van der Waals surface area contributed by atoms with Gasteiger partial charge in [0, 0.05) is 23.2 Å². The lowest BCUT2D eigenvalue weighted by atomic mass is 9.90. The fraction of sp³-hybridized carbons (Fsp3) is 0.533. The average molecular weight is 328 g/mol. The first-order valence-electron chi connectivity index (χ1n) is 7.15. The molecule has 2 unspecified atom stereocenters. The molecule has 2 atom stereocenters. The van der Waals surface area contributed by atoms with Crippen molar-refractivity contribution in [2.45, 2.75) is 31.4 Å². The average Bonchev–Trinajstić information content (AvgIpc) is 3.06. The van der Waals surface area contributed by atoms with Crippen LogP contribution in [-0.4, -0.2) is 36.7 Å². The summed E-state index contributed by atoms with van der Waals surface area (Å²) in [5.74, 6) is 0.545. The van der Waals surface area contributed by atoms with Crippen molar-refractivity contribution in [2.75, 3.05) is 19.7 Å². The van der Waals surface area contributed by atoms with Crippen molar-refractivity contribution in [1.82, 2.24) is 4.90 Å². The maximum atomic E-state index is 6.39. The van der Waals surface area contributed by atoms with Crippen molar-refractivity contribution in [3.05, 3.63) is 33.8 Å². The van der Waals surface area contributed by atoms with Crippen LogP contribution in [0.5, 0.6) is 0 Å². The predicted octanol–water partition coefficient (Wildman–Crippen LogP) is 3.02. The standard InChI is InChI=1S/C15H19Cl2N3O/c1-15(12-7-10(16)4-5-13(12)17)9-19-14(18)20(15)8-11-3-2-6-21-11/h4-5,7,11H,2-3,6,8-9H2,1H3,(H2,18,19). The van der Waals surface area contributed by atoms with Crippen LogP contribution in [-0.2, 0) is 10.3 Å². The number of ether oxygens (including phenoxy) is 1. The molecule has 2 N–H and O–H groups in total. The number of halogens is 2. The van der Waals surface area contributed by atoms with Crippen molar-refractivity contribution in [2.24, 2.45) is 10.7 Å². The van der Waals surface area contributed by atoms with Gasteiger partial charge in [-0.05, 0) is 43.5 Å². The van der Waals surface area contributed by atoms with Gasteiger partial charge in [0.25, 0.3) is 0 Å². The lowest BCUT2D eigenvalue weighted by Crippen LogP contribution is -2.50. The van der Waals surface area contributed by atoms with E-state index in [1.807, 2.05) is 12.1 Å². The van der Waals surface area contributed by atoms with E-state index in [2.05, 4.69) is 16.8 Å². The van der Waals surface area contributed by atoms with E-state index in [4.69, 9.17) is 33.7 Å². The number of hydrogen-bond acceptors (Lipinski definition) is 4. The molecule has 0 aliphatic carbocycles. The summed E-state index contributed by atoms with van der Waals surface area (Å²) < 4.78 is 5.74. The summed E-state index contributed by atoms with van der Waals surface area (Å²) in [6.07, 6.45) is 2.36. The summed E-state index contributed by atoms with van der Waals surface area (Å²) >= 11 is 12.5. The minimum atomic E-state index is -0.377. The van der Waals surface area contributed by atoms with Crippen LogP contribution in [0.4, 0.5) is 0 Å². The van der Waals surface area contributed by atoms with Gasteiger partial charge in [-0.3, -0.25) is 4.99 Å². The number of guanidine groups is 1. The minimum Gasteiger partial charge on any atom is -0.376 e. The second-order valence-electron chi connectivity index (χ2n) is 5.82. The van der Waals surface area contributed by atoms with E-state index in [9.17, 15) is 0 Å². The third-order valence-corrected chi connectivity index (χ3v) is 4.90. The van der Waals surface area contributed by atoms with Gasteiger partial charge >= 0.3 is 0 Å². The molecule has 2 heterocycles. The molecule has 0 radical (unpaired) electrons. The number of nitrogens with two attached hydrogens (primary N) is 1. The molecule has 1 fully saturated rings. The van der Waals surface area contributed by atoms with E-state index in [-0.39, 0.29) is 11.6 Å². The van der Waals surface area contributed by atoms with Crippen LogP contribution in [0.1, 0.15) is 25.3 Å². The van der Waals surface area contributed by atoms with Gasteiger partial charge in [0.2, 0.25) is 0 Å². The number of benzene rings is 1. The molecule has 114 valence electrons. The van der Waals surface area contributed by atoms with E-state index in [0.717, 1.165) is 31.6 Å². The maximum absolute atomic E-state index is 6.39. The van der Waals surface area contributed by atoms with Gasteiger partial charge < -0.3 is 15.4 Å². The van der Waals surface area contributed by atoms with Crippen LogP contribution in [0.2, 0.25) is 10.0 Å². The smallest absolute Gasteiger partial charge is 0.192 e.